The fourth-order valence-electron chi connectivity index (χ4n) is 2.92. The molecule has 2 rings (SSSR count). The minimum atomic E-state index is -4.99. The van der Waals surface area contributed by atoms with Gasteiger partial charge in [-0.3, -0.25) is 4.79 Å². The van der Waals surface area contributed by atoms with E-state index < -0.39 is 53.5 Å². The average molecular weight is 623 g/mol. The van der Waals surface area contributed by atoms with Crippen molar-refractivity contribution in [1.82, 2.24) is 10.7 Å². The summed E-state index contributed by atoms with van der Waals surface area (Å²) in [5, 5.41) is 3.39. The molecule has 4 nitrogen and oxygen atoms in total. The summed E-state index contributed by atoms with van der Waals surface area (Å²) in [4.78, 5) is 11.8. The van der Waals surface area contributed by atoms with E-state index in [0.29, 0.717) is 12.1 Å². The predicted molar refractivity (Wildman–Crippen MR) is 120 cm³/mol. The van der Waals surface area contributed by atoms with Crippen LogP contribution in [-0.4, -0.2) is 30.1 Å². The molecule has 1 N–H and O–H groups in total. The smallest absolute Gasteiger partial charge is 0.674 e. The van der Waals surface area contributed by atoms with Gasteiger partial charge in [-0.2, -0.15) is 26.3 Å². The summed E-state index contributed by atoms with van der Waals surface area (Å²) >= 11 is 17.4. The number of rotatable bonds is 8. The number of carbonyl (C=O) groups is 1. The van der Waals surface area contributed by atoms with E-state index in [1.165, 1.54) is 0 Å². The van der Waals surface area contributed by atoms with Gasteiger partial charge in [-0.15, -0.1) is 5.69 Å². The molecule has 0 heterocycles. The molecule has 0 saturated heterocycles. The van der Waals surface area contributed by atoms with Gasteiger partial charge in [0.25, 0.3) is 0 Å². The topological polar surface area (TPSA) is 46.4 Å². The third-order valence-electron chi connectivity index (χ3n) is 4.61. The van der Waals surface area contributed by atoms with E-state index in [4.69, 9.17) is 34.8 Å². The summed E-state index contributed by atoms with van der Waals surface area (Å²) in [6, 6.07) is 2.86. The van der Waals surface area contributed by atoms with Crippen molar-refractivity contribution < 1.29 is 91.5 Å². The molecule has 0 fully saturated rings. The van der Waals surface area contributed by atoms with Crippen LogP contribution in [0.1, 0.15) is 29.5 Å². The zero-order chi connectivity index (χ0) is 27.4. The SMILES string of the molecule is CC([N-]c1ccc(/C=C/C(c2cc(Cl)c(Cl)c(Cl)c2)C(F)(F)F)cc1C(F)(F)F)C(=O)NCN(F)F.[K+]. The van der Waals surface area contributed by atoms with Gasteiger partial charge in [0.15, 0.2) is 0 Å². The fraction of sp³-hybridized carbons (Fsp3) is 0.286. The van der Waals surface area contributed by atoms with Crippen molar-refractivity contribution >= 4 is 52.5 Å². The molecule has 0 saturated carbocycles. The fourth-order valence-corrected chi connectivity index (χ4v) is 3.53. The van der Waals surface area contributed by atoms with E-state index in [2.05, 4.69) is 5.32 Å². The Labute approximate surface area is 263 Å². The van der Waals surface area contributed by atoms with Gasteiger partial charge in [0, 0.05) is 10.9 Å². The number of hydrogen-bond acceptors (Lipinski definition) is 2. The van der Waals surface area contributed by atoms with Gasteiger partial charge in [-0.1, -0.05) is 75.0 Å². The molecule has 0 aliphatic heterocycles. The summed E-state index contributed by atoms with van der Waals surface area (Å²) in [5.41, 5.74) is -2.70. The van der Waals surface area contributed by atoms with Crippen molar-refractivity contribution in [1.29, 1.82) is 0 Å². The predicted octanol–water partition coefficient (Wildman–Crippen LogP) is 5.57. The molecule has 2 unspecified atom stereocenters. The van der Waals surface area contributed by atoms with Crippen molar-refractivity contribution in [3.05, 3.63) is 73.5 Å². The minimum Gasteiger partial charge on any atom is -0.674 e. The first-order valence-electron chi connectivity index (χ1n) is 9.69. The van der Waals surface area contributed by atoms with Gasteiger partial charge >= 0.3 is 63.7 Å². The zero-order valence-electron chi connectivity index (χ0n) is 18.9. The first kappa shape index (κ1) is 34.4. The molecular weight excluding hydrogens is 608 g/mol. The number of amides is 1. The van der Waals surface area contributed by atoms with Gasteiger partial charge in [0.1, 0.15) is 6.67 Å². The minimum absolute atomic E-state index is 0. The Balaban J connectivity index is 0.00000684. The summed E-state index contributed by atoms with van der Waals surface area (Å²) in [6.45, 7) is -0.0839. The summed E-state index contributed by atoms with van der Waals surface area (Å²) in [5.74, 6) is -3.35. The van der Waals surface area contributed by atoms with E-state index in [9.17, 15) is 40.1 Å². The zero-order valence-corrected chi connectivity index (χ0v) is 24.3. The van der Waals surface area contributed by atoms with Crippen LogP contribution in [0.4, 0.5) is 41.0 Å². The van der Waals surface area contributed by atoms with Crippen LogP contribution in [0.3, 0.4) is 0 Å². The van der Waals surface area contributed by atoms with Crippen LogP contribution >= 0.6 is 34.8 Å². The number of hydrogen-bond donors (Lipinski definition) is 1. The quantitative estimate of drug-likeness (QED) is 0.138. The maximum atomic E-state index is 13.7. The van der Waals surface area contributed by atoms with E-state index in [0.717, 1.165) is 37.3 Å². The Morgan fingerprint density at radius 1 is 1.05 bits per heavy atom. The largest absolute Gasteiger partial charge is 1.00 e. The second-order valence-electron chi connectivity index (χ2n) is 7.26. The molecule has 2 aromatic rings. The number of nitrogens with zero attached hydrogens (tertiary/aromatic N) is 2. The monoisotopic (exact) mass is 621 g/mol. The average Bonchev–Trinajstić information content (AvgIpc) is 2.74. The van der Waals surface area contributed by atoms with Gasteiger partial charge < -0.3 is 10.6 Å². The molecule has 37 heavy (non-hydrogen) atoms. The molecular formula is C21H15Cl3F8KN3O. The Morgan fingerprint density at radius 2 is 1.62 bits per heavy atom. The van der Waals surface area contributed by atoms with E-state index in [1.54, 1.807) is 5.32 Å². The van der Waals surface area contributed by atoms with Crippen LogP contribution in [0.5, 0.6) is 0 Å². The van der Waals surface area contributed by atoms with E-state index in [1.807, 2.05) is 0 Å². The molecule has 1 amide bonds. The third kappa shape index (κ3) is 10.1. The Bertz CT molecular complexity index is 1110. The van der Waals surface area contributed by atoms with Crippen molar-refractivity contribution in [2.75, 3.05) is 6.67 Å². The second kappa shape index (κ2) is 14.1. The molecule has 0 aromatic heterocycles. The second-order valence-corrected chi connectivity index (χ2v) is 8.45. The molecule has 198 valence electrons. The first-order chi connectivity index (χ1) is 16.5. The van der Waals surface area contributed by atoms with Gasteiger partial charge in [0.2, 0.25) is 5.91 Å². The normalized spacial score (nSPS) is 13.9. The Morgan fingerprint density at radius 3 is 2.11 bits per heavy atom. The van der Waals surface area contributed by atoms with Crippen molar-refractivity contribution in [2.45, 2.75) is 31.2 Å². The third-order valence-corrected chi connectivity index (χ3v) is 5.81. The van der Waals surface area contributed by atoms with E-state index >= 15 is 0 Å². The number of benzene rings is 2. The summed E-state index contributed by atoms with van der Waals surface area (Å²) in [6.07, 6.45) is -8.40. The van der Waals surface area contributed by atoms with Gasteiger partial charge in [-0.25, -0.2) is 0 Å². The molecule has 0 aliphatic rings. The maximum Gasteiger partial charge on any atom is 1.00 e. The molecule has 0 spiro atoms. The van der Waals surface area contributed by atoms with Crippen LogP contribution in [0.2, 0.25) is 15.1 Å². The molecule has 2 aromatic carbocycles. The number of carbonyl (C=O) groups excluding carboxylic acids is 1. The standard InChI is InChI=1S/C21H15Cl3F8N3O.K/c1-10(19(36)33-9-35(31)32)34-17-5-3-11(6-14(17)21(28,29)30)2-4-13(20(25,26)27)12-7-15(22)18(24)16(23)8-12;/h2-8,10,13H,9H2,1H3,(H,33,36);/q-1;+1/b4-2+;. The number of allylic oxidation sites excluding steroid dienone is 1. The maximum absolute atomic E-state index is 13.7. The van der Waals surface area contributed by atoms with Crippen molar-refractivity contribution in [3.63, 3.8) is 0 Å². The number of alkyl halides is 6. The molecule has 0 bridgehead atoms. The van der Waals surface area contributed by atoms with Crippen LogP contribution in [0.15, 0.2) is 36.4 Å². The van der Waals surface area contributed by atoms with Crippen LogP contribution in [0, 0.1) is 0 Å². The molecule has 0 radical (unpaired) electrons. The van der Waals surface area contributed by atoms with Crippen molar-refractivity contribution in [3.8, 4) is 0 Å². The number of halogens is 11. The van der Waals surface area contributed by atoms with Gasteiger partial charge in [-0.05, 0) is 35.4 Å². The Kier molecular flexibility index (Phi) is 13.1. The van der Waals surface area contributed by atoms with Crippen LogP contribution < -0.4 is 56.7 Å². The first-order valence-corrected chi connectivity index (χ1v) is 10.8. The van der Waals surface area contributed by atoms with E-state index in [-0.39, 0.29) is 77.6 Å². The Hall–Kier alpha value is -0.644. The summed E-state index contributed by atoms with van der Waals surface area (Å²) in [7, 11) is 0. The summed E-state index contributed by atoms with van der Waals surface area (Å²) < 4.78 is 106. The molecule has 0 aliphatic carbocycles. The van der Waals surface area contributed by atoms with Crippen LogP contribution in [-0.2, 0) is 11.0 Å². The number of nitrogens with one attached hydrogen (secondary N) is 1. The van der Waals surface area contributed by atoms with Crippen molar-refractivity contribution in [2.24, 2.45) is 0 Å². The molecule has 16 heteroatoms. The van der Waals surface area contributed by atoms with Gasteiger partial charge in [0.05, 0.1) is 21.0 Å². The molecule has 2 atom stereocenters. The van der Waals surface area contributed by atoms with Crippen LogP contribution in [0.25, 0.3) is 11.4 Å².